The topological polar surface area (TPSA) is 44.1 Å². The Balaban J connectivity index is 2.05. The summed E-state index contributed by atoms with van der Waals surface area (Å²) in [5.74, 6) is -5.17. The van der Waals surface area contributed by atoms with Gasteiger partial charge < -0.3 is 4.74 Å². The number of halogens is 9. The van der Waals surface area contributed by atoms with Gasteiger partial charge in [-0.2, -0.15) is 31.4 Å². The van der Waals surface area contributed by atoms with E-state index in [1.165, 1.54) is 30.3 Å². The van der Waals surface area contributed by atoms with Gasteiger partial charge in [0.15, 0.2) is 11.8 Å². The first kappa shape index (κ1) is 24.5. The number of aryl methyl sites for hydroxylation is 1. The molecule has 0 saturated carbocycles. The van der Waals surface area contributed by atoms with Crippen LogP contribution in [0.4, 0.5) is 35.1 Å². The minimum absolute atomic E-state index is 0.156. The Bertz CT molecular complexity index is 972. The highest BCUT2D eigenvalue weighted by Gasteiger charge is 2.56. The second kappa shape index (κ2) is 8.64. The molecule has 0 aliphatic heterocycles. The number of hydrogen-bond donors (Lipinski definition) is 0. The highest BCUT2D eigenvalue weighted by atomic mass is 79.9. The predicted molar refractivity (Wildman–Crippen MR) is 98.3 cm³/mol. The van der Waals surface area contributed by atoms with E-state index < -0.39 is 77.9 Å². The lowest BCUT2D eigenvalue weighted by molar-refractivity contribution is -0.152. The molecule has 3 rings (SSSR count). The molecular weight excluding hydrogens is 520 g/mol. The van der Waals surface area contributed by atoms with Crippen LogP contribution in [-0.4, -0.2) is 27.8 Å². The van der Waals surface area contributed by atoms with E-state index in [4.69, 9.17) is 4.74 Å². The minimum Gasteiger partial charge on any atom is -0.447 e. The molecule has 1 aromatic heterocycles. The maximum Gasteiger partial charge on any atom is 0.435 e. The molecule has 1 aliphatic rings. The van der Waals surface area contributed by atoms with Crippen LogP contribution in [0.2, 0.25) is 0 Å². The number of alkyl halides is 9. The largest absolute Gasteiger partial charge is 0.447 e. The highest BCUT2D eigenvalue weighted by molar-refractivity contribution is 9.09. The molecule has 176 valence electrons. The van der Waals surface area contributed by atoms with Gasteiger partial charge in [0.25, 0.3) is 5.92 Å². The summed E-state index contributed by atoms with van der Waals surface area (Å²) in [4.78, 5) is 11.0. The fraction of sp³-hybridized carbons (Fsp3) is 0.474. The van der Waals surface area contributed by atoms with Crippen molar-refractivity contribution < 1.29 is 44.7 Å². The molecule has 1 heterocycles. The molecule has 1 aromatic carbocycles. The van der Waals surface area contributed by atoms with Gasteiger partial charge in [0.05, 0.1) is 21.6 Å². The number of nitrogens with zero attached hydrogens (tertiary/aromatic N) is 2. The number of carbonyl (C=O) groups is 1. The Morgan fingerprint density at radius 1 is 1.16 bits per heavy atom. The Labute approximate surface area is 184 Å². The van der Waals surface area contributed by atoms with Crippen LogP contribution in [-0.2, 0) is 17.5 Å². The zero-order chi connectivity index (χ0) is 23.9. The van der Waals surface area contributed by atoms with Crippen LogP contribution < -0.4 is 0 Å². The third-order valence-corrected chi connectivity index (χ3v) is 5.51. The molecule has 1 unspecified atom stereocenters. The molecular formula is C19H15BrF8N2O2. The number of carbonyl (C=O) groups excluding carboxylic acids is 1. The van der Waals surface area contributed by atoms with E-state index in [9.17, 15) is 39.9 Å². The summed E-state index contributed by atoms with van der Waals surface area (Å²) in [6, 6.07) is 6.84. The van der Waals surface area contributed by atoms with Gasteiger partial charge in [0, 0.05) is 19.4 Å². The van der Waals surface area contributed by atoms with Crippen molar-refractivity contribution in [2.24, 2.45) is 0 Å². The van der Waals surface area contributed by atoms with Crippen LogP contribution in [0.3, 0.4) is 0 Å². The lowest BCUT2D eigenvalue weighted by atomic mass is 9.89. The molecule has 32 heavy (non-hydrogen) atoms. The van der Waals surface area contributed by atoms with Crippen molar-refractivity contribution in [2.75, 3.05) is 0 Å². The highest BCUT2D eigenvalue weighted by Crippen LogP contribution is 2.54. The van der Waals surface area contributed by atoms with Crippen molar-refractivity contribution in [3.05, 3.63) is 52.8 Å². The van der Waals surface area contributed by atoms with Gasteiger partial charge in [-0.05, 0) is 18.6 Å². The second-order valence-corrected chi connectivity index (χ2v) is 8.28. The molecule has 2 atom stereocenters. The monoisotopic (exact) mass is 534 g/mol. The van der Waals surface area contributed by atoms with Gasteiger partial charge in [-0.15, -0.1) is 0 Å². The van der Waals surface area contributed by atoms with Gasteiger partial charge in [-0.25, -0.2) is 13.6 Å². The van der Waals surface area contributed by atoms with E-state index in [0.717, 1.165) is 0 Å². The Kier molecular flexibility index (Phi) is 6.60. The molecule has 0 spiro atoms. The fourth-order valence-corrected chi connectivity index (χ4v) is 4.35. The van der Waals surface area contributed by atoms with Crippen LogP contribution in [0, 0.1) is 0 Å². The quantitative estimate of drug-likeness (QED) is 0.246. The molecule has 1 aliphatic carbocycles. The number of rotatable bonds is 5. The molecule has 4 nitrogen and oxygen atoms in total. The number of hydrogen-bond acceptors (Lipinski definition) is 3. The lowest BCUT2D eigenvalue weighted by Crippen LogP contribution is -2.37. The summed E-state index contributed by atoms with van der Waals surface area (Å²) in [7, 11) is 0. The van der Waals surface area contributed by atoms with Gasteiger partial charge in [0.1, 0.15) is 0 Å². The van der Waals surface area contributed by atoms with E-state index in [-0.39, 0.29) is 5.56 Å². The molecule has 2 aromatic rings. The first-order chi connectivity index (χ1) is 14.7. The van der Waals surface area contributed by atoms with Crippen molar-refractivity contribution >= 4 is 21.9 Å². The van der Waals surface area contributed by atoms with Gasteiger partial charge >= 0.3 is 18.3 Å². The number of fused-ring (bicyclic) bond motifs is 1. The zero-order valence-electron chi connectivity index (χ0n) is 16.0. The minimum atomic E-state index is -5.21. The zero-order valence-corrected chi connectivity index (χ0v) is 17.6. The Morgan fingerprint density at radius 3 is 2.34 bits per heavy atom. The van der Waals surface area contributed by atoms with E-state index in [0.29, 0.717) is 4.68 Å². The number of aromatic nitrogens is 2. The Morgan fingerprint density at radius 2 is 1.78 bits per heavy atom. The summed E-state index contributed by atoms with van der Waals surface area (Å²) >= 11 is 2.89. The standard InChI is InChI=1S/C19H15BrF8N2O2/c20-11-9-17(21,22)15(32-16(31)10-5-2-1-3-6-10)12-13(11)30(8-4-7-18(23,24)25)29-14(12)19(26,27)28/h1-3,5-6,11,15H,4,7-9H2/t11?,15-/m0/s1. The van der Waals surface area contributed by atoms with Gasteiger partial charge in [-0.1, -0.05) is 34.1 Å². The Hall–Kier alpha value is -2.18. The molecule has 0 saturated heterocycles. The smallest absolute Gasteiger partial charge is 0.435 e. The van der Waals surface area contributed by atoms with Crippen molar-refractivity contribution in [3.63, 3.8) is 0 Å². The average molecular weight is 535 g/mol. The second-order valence-electron chi connectivity index (χ2n) is 7.17. The number of benzene rings is 1. The maximum absolute atomic E-state index is 14.8. The van der Waals surface area contributed by atoms with Gasteiger partial charge in [0.2, 0.25) is 0 Å². The van der Waals surface area contributed by atoms with Crippen LogP contribution >= 0.6 is 15.9 Å². The third kappa shape index (κ3) is 5.24. The maximum atomic E-state index is 14.8. The van der Waals surface area contributed by atoms with E-state index in [2.05, 4.69) is 21.0 Å². The summed E-state index contributed by atoms with van der Waals surface area (Å²) < 4.78 is 113. The average Bonchev–Trinajstić information content (AvgIpc) is 3.04. The summed E-state index contributed by atoms with van der Waals surface area (Å²) in [5, 5.41) is 3.30. The molecule has 0 bridgehead atoms. The van der Waals surface area contributed by atoms with Crippen LogP contribution in [0.25, 0.3) is 0 Å². The normalized spacial score (nSPS) is 20.7. The summed E-state index contributed by atoms with van der Waals surface area (Å²) in [5.41, 5.74) is -3.34. The van der Waals surface area contributed by atoms with Crippen molar-refractivity contribution in [2.45, 2.75) is 55.0 Å². The summed E-state index contributed by atoms with van der Waals surface area (Å²) in [6.07, 6.45) is -15.3. The molecule has 0 fully saturated rings. The van der Waals surface area contributed by atoms with Crippen molar-refractivity contribution in [1.82, 2.24) is 9.78 Å². The number of ether oxygens (including phenoxy) is 1. The SMILES string of the molecule is O=C(O[C@H]1c2c(C(F)(F)F)nn(CCCC(F)(F)F)c2C(Br)CC1(F)F)c1ccccc1. The lowest BCUT2D eigenvalue weighted by Gasteiger charge is -2.34. The van der Waals surface area contributed by atoms with E-state index >= 15 is 0 Å². The van der Waals surface area contributed by atoms with Crippen LogP contribution in [0.15, 0.2) is 30.3 Å². The van der Waals surface area contributed by atoms with E-state index in [1.54, 1.807) is 0 Å². The third-order valence-electron chi connectivity index (χ3n) is 4.76. The van der Waals surface area contributed by atoms with Crippen LogP contribution in [0.5, 0.6) is 0 Å². The van der Waals surface area contributed by atoms with E-state index in [1.807, 2.05) is 0 Å². The molecule has 0 radical (unpaired) electrons. The van der Waals surface area contributed by atoms with Crippen molar-refractivity contribution in [3.8, 4) is 0 Å². The van der Waals surface area contributed by atoms with Gasteiger partial charge in [-0.3, -0.25) is 4.68 Å². The summed E-state index contributed by atoms with van der Waals surface area (Å²) in [6.45, 7) is -0.592. The number of esters is 1. The fourth-order valence-electron chi connectivity index (χ4n) is 3.44. The first-order valence-electron chi connectivity index (χ1n) is 9.23. The van der Waals surface area contributed by atoms with Crippen molar-refractivity contribution in [1.29, 1.82) is 0 Å². The predicted octanol–water partition coefficient (Wildman–Crippen LogP) is 6.62. The van der Waals surface area contributed by atoms with Crippen LogP contribution in [0.1, 0.15) is 57.5 Å². The molecule has 0 N–H and O–H groups in total. The molecule has 13 heteroatoms. The molecule has 0 amide bonds. The first-order valence-corrected chi connectivity index (χ1v) is 10.1.